The van der Waals surface area contributed by atoms with Gasteiger partial charge >= 0.3 is 6.03 Å². The highest BCUT2D eigenvalue weighted by Crippen LogP contribution is 2.26. The number of rotatable bonds is 3. The lowest BCUT2D eigenvalue weighted by Gasteiger charge is -2.11. The lowest BCUT2D eigenvalue weighted by Crippen LogP contribution is -2.31. The Kier molecular flexibility index (Phi) is 3.61. The molecule has 0 atom stereocenters. The van der Waals surface area contributed by atoms with Gasteiger partial charge in [0.05, 0.1) is 18.8 Å². The Labute approximate surface area is 126 Å². The number of hydrogen-bond donors (Lipinski definition) is 3. The third-order valence-electron chi connectivity index (χ3n) is 3.43. The molecule has 0 radical (unpaired) electrons. The first-order valence-corrected chi connectivity index (χ1v) is 6.78. The monoisotopic (exact) mass is 297 g/mol. The average Bonchev–Trinajstić information content (AvgIpc) is 3.08. The maximum Gasteiger partial charge on any atom is 0.315 e. The molecule has 22 heavy (non-hydrogen) atoms. The second-order valence-electron chi connectivity index (χ2n) is 4.95. The van der Waals surface area contributed by atoms with Crippen LogP contribution in [0.1, 0.15) is 16.8 Å². The molecule has 7 heteroatoms. The third kappa shape index (κ3) is 2.83. The molecule has 0 bridgehead atoms. The van der Waals surface area contributed by atoms with Crippen molar-refractivity contribution in [3.8, 4) is 0 Å². The molecule has 2 aromatic rings. The smallest absolute Gasteiger partial charge is 0.315 e. The van der Waals surface area contributed by atoms with E-state index in [-0.39, 0.29) is 5.91 Å². The average molecular weight is 297 g/mol. The zero-order valence-electron chi connectivity index (χ0n) is 11.7. The van der Waals surface area contributed by atoms with Crippen molar-refractivity contribution in [2.75, 3.05) is 5.32 Å². The van der Waals surface area contributed by atoms with Gasteiger partial charge in [-0.05, 0) is 11.6 Å². The van der Waals surface area contributed by atoms with Gasteiger partial charge in [0.2, 0.25) is 5.91 Å². The molecule has 0 saturated heterocycles. The number of benzene rings is 1. The van der Waals surface area contributed by atoms with Crippen molar-refractivity contribution < 1.29 is 9.59 Å². The maximum absolute atomic E-state index is 11.9. The summed E-state index contributed by atoms with van der Waals surface area (Å²) >= 11 is 0. The number of nitrogens with two attached hydrogens (primary N) is 1. The van der Waals surface area contributed by atoms with E-state index in [0.29, 0.717) is 18.9 Å². The molecular weight excluding hydrogens is 282 g/mol. The highest BCUT2D eigenvalue weighted by atomic mass is 16.2. The number of carbonyl (C=O) groups excluding carboxylic acids is 2. The predicted octanol–water partition coefficient (Wildman–Crippen LogP) is 1.46. The molecule has 1 aromatic heterocycles. The number of carbonyl (C=O) groups is 2. The largest absolute Gasteiger partial charge is 0.351 e. The van der Waals surface area contributed by atoms with Crippen LogP contribution in [0.2, 0.25) is 0 Å². The van der Waals surface area contributed by atoms with E-state index in [4.69, 9.17) is 5.73 Å². The van der Waals surface area contributed by atoms with Gasteiger partial charge < -0.3 is 16.0 Å². The minimum Gasteiger partial charge on any atom is -0.351 e. The van der Waals surface area contributed by atoms with Gasteiger partial charge in [-0.25, -0.2) is 4.79 Å². The molecule has 0 saturated carbocycles. The Bertz CT molecular complexity index is 736. The SMILES string of the molecule is NC(=O)N1Cc2n[nH]c(NC(=O)/C=C\c3ccccc3)c2C1. The van der Waals surface area contributed by atoms with Crippen molar-refractivity contribution in [2.45, 2.75) is 13.1 Å². The number of hydrogen-bond acceptors (Lipinski definition) is 3. The fraction of sp³-hybridized carbons (Fsp3) is 0.133. The van der Waals surface area contributed by atoms with Gasteiger partial charge in [0, 0.05) is 11.6 Å². The predicted molar refractivity (Wildman–Crippen MR) is 81.5 cm³/mol. The minimum atomic E-state index is -0.501. The standard InChI is InChI=1S/C15H15N5O2/c16-15(22)20-8-11-12(9-20)18-19-14(11)17-13(21)7-6-10-4-2-1-3-5-10/h1-7H,8-9H2,(H2,16,22)(H2,17,18,19,21)/b7-6-. The van der Waals surface area contributed by atoms with E-state index in [0.717, 1.165) is 16.8 Å². The number of aromatic nitrogens is 2. The van der Waals surface area contributed by atoms with E-state index in [2.05, 4.69) is 15.5 Å². The summed E-state index contributed by atoms with van der Waals surface area (Å²) in [5.74, 6) is 0.231. The Morgan fingerprint density at radius 3 is 2.77 bits per heavy atom. The summed E-state index contributed by atoms with van der Waals surface area (Å²) in [4.78, 5) is 24.6. The van der Waals surface area contributed by atoms with Crippen LogP contribution in [0.25, 0.3) is 6.08 Å². The Hall–Kier alpha value is -3.09. The Morgan fingerprint density at radius 1 is 1.27 bits per heavy atom. The van der Waals surface area contributed by atoms with Gasteiger partial charge in [0.1, 0.15) is 5.82 Å². The molecule has 1 aliphatic rings. The molecule has 3 rings (SSSR count). The van der Waals surface area contributed by atoms with Gasteiger partial charge in [-0.3, -0.25) is 9.89 Å². The first kappa shape index (κ1) is 13.9. The zero-order chi connectivity index (χ0) is 15.5. The molecule has 0 unspecified atom stereocenters. The number of aromatic amines is 1. The Morgan fingerprint density at radius 2 is 2.05 bits per heavy atom. The normalized spacial score (nSPS) is 13.4. The van der Waals surface area contributed by atoms with Crippen LogP contribution in [0.3, 0.4) is 0 Å². The summed E-state index contributed by atoms with van der Waals surface area (Å²) in [6.45, 7) is 0.704. The molecule has 0 aliphatic carbocycles. The number of nitrogens with zero attached hydrogens (tertiary/aromatic N) is 2. The molecular formula is C15H15N5O2. The first-order valence-electron chi connectivity index (χ1n) is 6.78. The maximum atomic E-state index is 11.9. The molecule has 2 heterocycles. The van der Waals surface area contributed by atoms with Crippen LogP contribution in [-0.2, 0) is 17.9 Å². The molecule has 0 fully saturated rings. The molecule has 1 aliphatic heterocycles. The Balaban J connectivity index is 1.67. The fourth-order valence-electron chi connectivity index (χ4n) is 2.29. The van der Waals surface area contributed by atoms with Gasteiger partial charge in [-0.1, -0.05) is 30.3 Å². The van der Waals surface area contributed by atoms with Crippen LogP contribution in [0.5, 0.6) is 0 Å². The van der Waals surface area contributed by atoms with Crippen LogP contribution in [0, 0.1) is 0 Å². The fourth-order valence-corrected chi connectivity index (χ4v) is 2.29. The quantitative estimate of drug-likeness (QED) is 0.747. The van der Waals surface area contributed by atoms with Gasteiger partial charge in [0.25, 0.3) is 0 Å². The van der Waals surface area contributed by atoms with Gasteiger partial charge in [-0.2, -0.15) is 5.10 Å². The minimum absolute atomic E-state index is 0.271. The van der Waals surface area contributed by atoms with Crippen molar-refractivity contribution in [2.24, 2.45) is 5.73 Å². The van der Waals surface area contributed by atoms with Crippen molar-refractivity contribution in [3.05, 3.63) is 53.2 Å². The topological polar surface area (TPSA) is 104 Å². The van der Waals surface area contributed by atoms with Gasteiger partial charge in [0.15, 0.2) is 0 Å². The molecule has 3 amide bonds. The van der Waals surface area contributed by atoms with Crippen LogP contribution in [-0.4, -0.2) is 27.0 Å². The van der Waals surface area contributed by atoms with Crippen LogP contribution in [0.4, 0.5) is 10.6 Å². The second-order valence-corrected chi connectivity index (χ2v) is 4.95. The summed E-state index contributed by atoms with van der Waals surface area (Å²) in [5, 5.41) is 9.59. The number of H-pyrrole nitrogens is 1. The number of nitrogens with one attached hydrogen (secondary N) is 2. The van der Waals surface area contributed by atoms with E-state index in [1.54, 1.807) is 6.08 Å². The zero-order valence-corrected chi connectivity index (χ0v) is 11.7. The van der Waals surface area contributed by atoms with Crippen molar-refractivity contribution in [3.63, 3.8) is 0 Å². The molecule has 4 N–H and O–H groups in total. The second kappa shape index (κ2) is 5.72. The van der Waals surface area contributed by atoms with E-state index in [1.807, 2.05) is 30.3 Å². The van der Waals surface area contributed by atoms with E-state index in [1.165, 1.54) is 11.0 Å². The number of urea groups is 1. The summed E-state index contributed by atoms with van der Waals surface area (Å²) in [5.41, 5.74) is 7.70. The molecule has 1 aromatic carbocycles. The number of primary amides is 1. The van der Waals surface area contributed by atoms with Crippen molar-refractivity contribution >= 4 is 23.8 Å². The summed E-state index contributed by atoms with van der Waals surface area (Å²) in [6, 6.07) is 9.02. The number of fused-ring (bicyclic) bond motifs is 1. The third-order valence-corrected chi connectivity index (χ3v) is 3.43. The summed E-state index contributed by atoms with van der Waals surface area (Å²) < 4.78 is 0. The molecule has 0 spiro atoms. The molecule has 112 valence electrons. The number of amides is 3. The van der Waals surface area contributed by atoms with Crippen molar-refractivity contribution in [1.29, 1.82) is 0 Å². The van der Waals surface area contributed by atoms with E-state index < -0.39 is 6.03 Å². The van der Waals surface area contributed by atoms with Crippen LogP contribution in [0.15, 0.2) is 36.4 Å². The summed E-state index contributed by atoms with van der Waals surface area (Å²) in [6.07, 6.45) is 3.17. The highest BCUT2D eigenvalue weighted by Gasteiger charge is 2.27. The lowest BCUT2D eigenvalue weighted by molar-refractivity contribution is -0.111. The summed E-state index contributed by atoms with van der Waals surface area (Å²) in [7, 11) is 0. The first-order chi connectivity index (χ1) is 10.6. The highest BCUT2D eigenvalue weighted by molar-refractivity contribution is 6.01. The van der Waals surface area contributed by atoms with Crippen LogP contribution >= 0.6 is 0 Å². The lowest BCUT2D eigenvalue weighted by atomic mass is 10.2. The number of anilines is 1. The van der Waals surface area contributed by atoms with Crippen LogP contribution < -0.4 is 11.1 Å². The van der Waals surface area contributed by atoms with Crippen molar-refractivity contribution in [1.82, 2.24) is 15.1 Å². The van der Waals surface area contributed by atoms with Gasteiger partial charge in [-0.15, -0.1) is 0 Å². The van der Waals surface area contributed by atoms with E-state index in [9.17, 15) is 9.59 Å². The molecule has 7 nitrogen and oxygen atoms in total. The van der Waals surface area contributed by atoms with E-state index >= 15 is 0 Å².